The van der Waals surface area contributed by atoms with Gasteiger partial charge in [0.25, 0.3) is 5.91 Å². The zero-order chi connectivity index (χ0) is 16.3. The fourth-order valence-electron chi connectivity index (χ4n) is 6.33. The Kier molecular flexibility index (Phi) is 3.31. The van der Waals surface area contributed by atoms with Crippen molar-refractivity contribution in [3.8, 4) is 0 Å². The molecule has 1 heterocycles. The van der Waals surface area contributed by atoms with Crippen molar-refractivity contribution in [1.29, 1.82) is 0 Å². The van der Waals surface area contributed by atoms with Crippen LogP contribution in [-0.4, -0.2) is 24.4 Å². The van der Waals surface area contributed by atoms with E-state index in [4.69, 9.17) is 0 Å². The molecule has 0 saturated heterocycles. The number of carbonyl (C=O) groups is 1. The van der Waals surface area contributed by atoms with Crippen LogP contribution >= 0.6 is 11.3 Å². The van der Waals surface area contributed by atoms with Crippen LogP contribution in [0.2, 0.25) is 0 Å². The van der Waals surface area contributed by atoms with Crippen LogP contribution in [0.4, 0.5) is 0 Å². The van der Waals surface area contributed by atoms with Gasteiger partial charge in [0.05, 0.1) is 4.88 Å². The monoisotopic (exact) mass is 339 g/mol. The lowest BCUT2D eigenvalue weighted by atomic mass is 9.49. The van der Waals surface area contributed by atoms with Crippen molar-refractivity contribution in [1.82, 2.24) is 4.90 Å². The first-order chi connectivity index (χ1) is 11.6. The van der Waals surface area contributed by atoms with Crippen LogP contribution in [0.25, 0.3) is 10.1 Å². The van der Waals surface area contributed by atoms with Crippen LogP contribution < -0.4 is 0 Å². The molecule has 2 nitrogen and oxygen atoms in total. The van der Waals surface area contributed by atoms with Gasteiger partial charge in [-0.05, 0) is 79.2 Å². The molecule has 0 atom stereocenters. The summed E-state index contributed by atoms with van der Waals surface area (Å²) in [6.45, 7) is 0.962. The summed E-state index contributed by atoms with van der Waals surface area (Å²) >= 11 is 1.63. The number of fused-ring (bicyclic) bond motifs is 1. The second-order valence-electron chi connectivity index (χ2n) is 8.73. The molecule has 24 heavy (non-hydrogen) atoms. The van der Waals surface area contributed by atoms with E-state index in [0.29, 0.717) is 5.41 Å². The number of carbonyl (C=O) groups excluding carboxylic acids is 1. The van der Waals surface area contributed by atoms with Crippen molar-refractivity contribution < 1.29 is 4.79 Å². The third-order valence-corrected chi connectivity index (χ3v) is 7.82. The van der Waals surface area contributed by atoms with Gasteiger partial charge in [0.15, 0.2) is 0 Å². The Hall–Kier alpha value is -1.35. The maximum Gasteiger partial charge on any atom is 0.263 e. The van der Waals surface area contributed by atoms with Crippen LogP contribution in [0.5, 0.6) is 0 Å². The maximum atomic E-state index is 13.0. The zero-order valence-electron chi connectivity index (χ0n) is 14.3. The van der Waals surface area contributed by atoms with E-state index >= 15 is 0 Å². The van der Waals surface area contributed by atoms with Crippen LogP contribution in [-0.2, 0) is 0 Å². The van der Waals surface area contributed by atoms with Gasteiger partial charge in [-0.15, -0.1) is 11.3 Å². The molecule has 0 aliphatic heterocycles. The van der Waals surface area contributed by atoms with Crippen LogP contribution in [0.15, 0.2) is 30.3 Å². The highest BCUT2D eigenvalue weighted by Gasteiger charge is 2.51. The van der Waals surface area contributed by atoms with Gasteiger partial charge in [-0.3, -0.25) is 4.79 Å². The largest absolute Gasteiger partial charge is 0.340 e. The average molecular weight is 340 g/mol. The SMILES string of the molecule is CN(CC12CC3CC(CC(C3)C1)C2)C(=O)c1cc2ccccc2s1. The summed E-state index contributed by atoms with van der Waals surface area (Å²) in [6.07, 6.45) is 8.49. The first-order valence-corrected chi connectivity index (χ1v) is 10.2. The number of thiophene rings is 1. The summed E-state index contributed by atoms with van der Waals surface area (Å²) < 4.78 is 1.21. The average Bonchev–Trinajstić information content (AvgIpc) is 2.96. The van der Waals surface area contributed by atoms with E-state index in [2.05, 4.69) is 18.2 Å². The van der Waals surface area contributed by atoms with Crippen LogP contribution in [0, 0.1) is 23.2 Å². The lowest BCUT2D eigenvalue weighted by molar-refractivity contribution is -0.0628. The normalized spacial score (nSPS) is 34.0. The minimum atomic E-state index is 0.215. The van der Waals surface area contributed by atoms with E-state index in [1.54, 1.807) is 11.3 Å². The molecule has 4 fully saturated rings. The topological polar surface area (TPSA) is 20.3 Å². The Morgan fingerprint density at radius 3 is 2.38 bits per heavy atom. The van der Waals surface area contributed by atoms with Crippen LogP contribution in [0.1, 0.15) is 48.2 Å². The summed E-state index contributed by atoms with van der Waals surface area (Å²) in [7, 11) is 2.02. The second-order valence-corrected chi connectivity index (χ2v) is 9.81. The van der Waals surface area contributed by atoms with Gasteiger partial charge in [0, 0.05) is 18.3 Å². The highest BCUT2D eigenvalue weighted by molar-refractivity contribution is 7.20. The van der Waals surface area contributed by atoms with Gasteiger partial charge in [-0.1, -0.05) is 18.2 Å². The van der Waals surface area contributed by atoms with E-state index in [0.717, 1.165) is 29.2 Å². The van der Waals surface area contributed by atoms with E-state index in [1.165, 1.54) is 48.6 Å². The molecule has 126 valence electrons. The minimum absolute atomic E-state index is 0.215. The summed E-state index contributed by atoms with van der Waals surface area (Å²) in [4.78, 5) is 15.9. The van der Waals surface area contributed by atoms with Crippen molar-refractivity contribution in [2.75, 3.05) is 13.6 Å². The number of nitrogens with zero attached hydrogens (tertiary/aromatic N) is 1. The Labute approximate surface area is 147 Å². The molecule has 1 amide bonds. The van der Waals surface area contributed by atoms with E-state index in [1.807, 2.05) is 24.1 Å². The molecule has 3 heteroatoms. The van der Waals surface area contributed by atoms with E-state index in [-0.39, 0.29) is 5.91 Å². The fourth-order valence-corrected chi connectivity index (χ4v) is 7.39. The first-order valence-electron chi connectivity index (χ1n) is 9.34. The number of amides is 1. The first kappa shape index (κ1) is 14.9. The molecule has 0 unspecified atom stereocenters. The Morgan fingerprint density at radius 2 is 1.75 bits per heavy atom. The summed E-state index contributed by atoms with van der Waals surface area (Å²) in [6, 6.07) is 10.4. The molecule has 1 aromatic heterocycles. The molecule has 1 aromatic carbocycles. The summed E-state index contributed by atoms with van der Waals surface area (Å²) in [5, 5.41) is 1.19. The maximum absolute atomic E-state index is 13.0. The molecule has 0 spiro atoms. The molecular weight excluding hydrogens is 314 g/mol. The molecule has 2 aromatic rings. The van der Waals surface area contributed by atoms with Gasteiger partial charge in [-0.2, -0.15) is 0 Å². The molecule has 0 N–H and O–H groups in total. The van der Waals surface area contributed by atoms with Gasteiger partial charge < -0.3 is 4.90 Å². The van der Waals surface area contributed by atoms with Crippen molar-refractivity contribution in [3.05, 3.63) is 35.2 Å². The zero-order valence-corrected chi connectivity index (χ0v) is 15.1. The number of hydrogen-bond donors (Lipinski definition) is 0. The highest BCUT2D eigenvalue weighted by Crippen LogP contribution is 2.60. The van der Waals surface area contributed by atoms with E-state index < -0.39 is 0 Å². The highest BCUT2D eigenvalue weighted by atomic mass is 32.1. The number of benzene rings is 1. The third kappa shape index (κ3) is 2.40. The van der Waals surface area contributed by atoms with Gasteiger partial charge in [0.2, 0.25) is 0 Å². The van der Waals surface area contributed by atoms with Crippen molar-refractivity contribution in [2.45, 2.75) is 38.5 Å². The fraction of sp³-hybridized carbons (Fsp3) is 0.571. The van der Waals surface area contributed by atoms with Gasteiger partial charge in [0.1, 0.15) is 0 Å². The molecule has 6 rings (SSSR count). The minimum Gasteiger partial charge on any atom is -0.340 e. The smallest absolute Gasteiger partial charge is 0.263 e. The van der Waals surface area contributed by atoms with Gasteiger partial charge in [-0.25, -0.2) is 0 Å². The van der Waals surface area contributed by atoms with Crippen LogP contribution in [0.3, 0.4) is 0 Å². The predicted octanol–water partition coefficient (Wildman–Crippen LogP) is 5.19. The summed E-state index contributed by atoms with van der Waals surface area (Å²) in [5.74, 6) is 3.06. The lowest BCUT2D eigenvalue weighted by Gasteiger charge is -2.57. The van der Waals surface area contributed by atoms with Crippen molar-refractivity contribution >= 4 is 27.3 Å². The molecule has 4 aliphatic carbocycles. The Morgan fingerprint density at radius 1 is 1.12 bits per heavy atom. The molecule has 4 saturated carbocycles. The van der Waals surface area contributed by atoms with E-state index in [9.17, 15) is 4.79 Å². The lowest BCUT2D eigenvalue weighted by Crippen LogP contribution is -2.51. The van der Waals surface area contributed by atoms with Gasteiger partial charge >= 0.3 is 0 Å². The second kappa shape index (κ2) is 5.32. The molecular formula is C21H25NOS. The number of rotatable bonds is 3. The molecule has 0 radical (unpaired) electrons. The molecule has 4 aliphatic rings. The predicted molar refractivity (Wildman–Crippen MR) is 99.4 cm³/mol. The third-order valence-electron chi connectivity index (χ3n) is 6.72. The molecule has 4 bridgehead atoms. The van der Waals surface area contributed by atoms with Crippen molar-refractivity contribution in [3.63, 3.8) is 0 Å². The Bertz CT molecular complexity index is 724. The van der Waals surface area contributed by atoms with Crippen molar-refractivity contribution in [2.24, 2.45) is 23.2 Å². The Balaban J connectivity index is 1.36. The number of hydrogen-bond acceptors (Lipinski definition) is 2. The summed E-state index contributed by atoms with van der Waals surface area (Å²) in [5.41, 5.74) is 0.426. The standard InChI is InChI=1S/C21H25NOS/c1-22(20(23)19-9-17-4-2-3-5-18(17)24-19)13-21-10-14-6-15(11-21)8-16(7-14)12-21/h2-5,9,14-16H,6-8,10-13H2,1H3. The quantitative estimate of drug-likeness (QED) is 0.753.